The van der Waals surface area contributed by atoms with Gasteiger partial charge in [-0.1, -0.05) is 19.1 Å². The summed E-state index contributed by atoms with van der Waals surface area (Å²) in [6, 6.07) is 11.0. The van der Waals surface area contributed by atoms with Crippen LogP contribution in [0.2, 0.25) is 0 Å². The van der Waals surface area contributed by atoms with E-state index < -0.39 is 0 Å². The van der Waals surface area contributed by atoms with E-state index in [2.05, 4.69) is 39.7 Å². The van der Waals surface area contributed by atoms with Crippen LogP contribution in [0.25, 0.3) is 0 Å². The van der Waals surface area contributed by atoms with Crippen LogP contribution in [0.3, 0.4) is 0 Å². The van der Waals surface area contributed by atoms with Crippen LogP contribution in [0, 0.1) is 5.82 Å². The van der Waals surface area contributed by atoms with Gasteiger partial charge in [0.25, 0.3) is 0 Å². The van der Waals surface area contributed by atoms with Crippen molar-refractivity contribution in [1.82, 2.24) is 19.4 Å². The predicted octanol–water partition coefficient (Wildman–Crippen LogP) is 3.98. The highest BCUT2D eigenvalue weighted by Crippen LogP contribution is 2.20. The highest BCUT2D eigenvalue weighted by atomic mass is 19.1. The number of hydrogen-bond donors (Lipinski definition) is 0. The lowest BCUT2D eigenvalue weighted by atomic mass is 10.1. The van der Waals surface area contributed by atoms with Crippen molar-refractivity contribution in [3.63, 3.8) is 0 Å². The molecule has 0 atom stereocenters. The van der Waals surface area contributed by atoms with Crippen molar-refractivity contribution in [2.75, 3.05) is 6.54 Å². The largest absolute Gasteiger partial charge is 0.346 e. The summed E-state index contributed by atoms with van der Waals surface area (Å²) in [5, 5.41) is 0. The van der Waals surface area contributed by atoms with E-state index in [1.807, 2.05) is 18.3 Å². The van der Waals surface area contributed by atoms with Gasteiger partial charge in [0.2, 0.25) is 0 Å². The van der Waals surface area contributed by atoms with Crippen LogP contribution >= 0.6 is 0 Å². The van der Waals surface area contributed by atoms with E-state index in [0.717, 1.165) is 56.8 Å². The van der Waals surface area contributed by atoms with Gasteiger partial charge in [-0.05, 0) is 36.2 Å². The summed E-state index contributed by atoms with van der Waals surface area (Å²) in [4.78, 5) is 11.7. The molecule has 0 N–H and O–H groups in total. The molecule has 2 aromatic heterocycles. The molecule has 1 aliphatic heterocycles. The van der Waals surface area contributed by atoms with Gasteiger partial charge in [0.05, 0.1) is 0 Å². The molecule has 0 saturated carbocycles. The van der Waals surface area contributed by atoms with Gasteiger partial charge in [-0.15, -0.1) is 0 Å². The molecule has 5 heteroatoms. The molecular formula is C22H25FN4. The van der Waals surface area contributed by atoms with E-state index in [4.69, 9.17) is 4.98 Å². The summed E-state index contributed by atoms with van der Waals surface area (Å²) in [5.41, 5.74) is 4.84. The topological polar surface area (TPSA) is 34.0 Å². The van der Waals surface area contributed by atoms with E-state index in [-0.39, 0.29) is 5.82 Å². The molecule has 1 aromatic carbocycles. The molecule has 0 unspecified atom stereocenters. The Balaban J connectivity index is 1.43. The molecule has 0 radical (unpaired) electrons. The van der Waals surface area contributed by atoms with Crippen LogP contribution in [0.4, 0.5) is 4.39 Å². The van der Waals surface area contributed by atoms with E-state index >= 15 is 0 Å². The van der Waals surface area contributed by atoms with Crippen molar-refractivity contribution >= 4 is 0 Å². The predicted molar refractivity (Wildman–Crippen MR) is 104 cm³/mol. The average molecular weight is 364 g/mol. The van der Waals surface area contributed by atoms with Crippen molar-refractivity contribution in [2.45, 2.75) is 45.8 Å². The molecule has 4 rings (SSSR count). The second-order valence-electron chi connectivity index (χ2n) is 7.22. The summed E-state index contributed by atoms with van der Waals surface area (Å²) >= 11 is 0. The fourth-order valence-corrected chi connectivity index (χ4v) is 3.66. The maximum atomic E-state index is 13.1. The summed E-state index contributed by atoms with van der Waals surface area (Å²) in [7, 11) is 0. The lowest BCUT2D eigenvalue weighted by Gasteiger charge is -2.28. The Hall–Kier alpha value is -2.53. The molecule has 0 bridgehead atoms. The zero-order valence-corrected chi connectivity index (χ0v) is 15.7. The molecule has 0 spiro atoms. The van der Waals surface area contributed by atoms with E-state index in [1.54, 1.807) is 0 Å². The lowest BCUT2D eigenvalue weighted by molar-refractivity contribution is 0.237. The minimum Gasteiger partial charge on any atom is -0.346 e. The first-order valence-corrected chi connectivity index (χ1v) is 9.65. The third-order valence-corrected chi connectivity index (χ3v) is 5.11. The van der Waals surface area contributed by atoms with Gasteiger partial charge < -0.3 is 4.57 Å². The highest BCUT2D eigenvalue weighted by molar-refractivity contribution is 5.22. The van der Waals surface area contributed by atoms with Crippen LogP contribution in [0.1, 0.15) is 41.7 Å². The zero-order chi connectivity index (χ0) is 18.6. The standard InChI is InChI=1S/C22H25FN4/c1-2-4-22-24-13-18-15-26(12-10-21(18)25-22)16-20-5-3-11-27(20)14-17-6-8-19(23)9-7-17/h3,5-9,11,13H,2,4,10,12,14-16H2,1H3. The first kappa shape index (κ1) is 17.9. The number of rotatable bonds is 6. The number of aryl methyl sites for hydroxylation is 1. The fraction of sp³-hybridized carbons (Fsp3) is 0.364. The normalized spacial score (nSPS) is 14.3. The molecule has 27 heavy (non-hydrogen) atoms. The number of fused-ring (bicyclic) bond motifs is 1. The molecular weight excluding hydrogens is 339 g/mol. The van der Waals surface area contributed by atoms with Crippen molar-refractivity contribution in [3.8, 4) is 0 Å². The number of aromatic nitrogens is 3. The Morgan fingerprint density at radius 1 is 1.11 bits per heavy atom. The van der Waals surface area contributed by atoms with Gasteiger partial charge in [-0.2, -0.15) is 0 Å². The van der Waals surface area contributed by atoms with Gasteiger partial charge in [-0.3, -0.25) is 4.90 Å². The molecule has 0 amide bonds. The maximum absolute atomic E-state index is 13.1. The van der Waals surface area contributed by atoms with Gasteiger partial charge in [0.15, 0.2) is 0 Å². The smallest absolute Gasteiger partial charge is 0.128 e. The van der Waals surface area contributed by atoms with Crippen LogP contribution in [0.5, 0.6) is 0 Å². The number of nitrogens with zero attached hydrogens (tertiary/aromatic N) is 4. The first-order valence-electron chi connectivity index (χ1n) is 9.65. The van der Waals surface area contributed by atoms with Crippen LogP contribution in [0.15, 0.2) is 48.8 Å². The second-order valence-corrected chi connectivity index (χ2v) is 7.22. The molecule has 0 saturated heterocycles. The van der Waals surface area contributed by atoms with Crippen molar-refractivity contribution < 1.29 is 4.39 Å². The minimum absolute atomic E-state index is 0.192. The summed E-state index contributed by atoms with van der Waals surface area (Å²) in [5.74, 6) is 0.778. The average Bonchev–Trinajstić information content (AvgIpc) is 3.10. The highest BCUT2D eigenvalue weighted by Gasteiger charge is 2.19. The number of hydrogen-bond acceptors (Lipinski definition) is 3. The molecule has 0 aliphatic carbocycles. The van der Waals surface area contributed by atoms with E-state index in [1.165, 1.54) is 29.1 Å². The number of halogens is 1. The Kier molecular flexibility index (Phi) is 5.30. The second kappa shape index (κ2) is 8.01. The summed E-state index contributed by atoms with van der Waals surface area (Å²) in [6.07, 6.45) is 7.12. The molecule has 3 aromatic rings. The number of benzene rings is 1. The van der Waals surface area contributed by atoms with E-state index in [9.17, 15) is 4.39 Å². The minimum atomic E-state index is -0.192. The van der Waals surface area contributed by atoms with Gasteiger partial charge >= 0.3 is 0 Å². The maximum Gasteiger partial charge on any atom is 0.128 e. The SMILES string of the molecule is CCCc1ncc2c(n1)CCN(Cc1cccn1Cc1ccc(F)cc1)C2. The van der Waals surface area contributed by atoms with E-state index in [0.29, 0.717) is 0 Å². The molecule has 1 aliphatic rings. The molecule has 3 heterocycles. The van der Waals surface area contributed by atoms with Gasteiger partial charge in [0, 0.05) is 68.4 Å². The lowest BCUT2D eigenvalue weighted by Crippen LogP contribution is -2.31. The van der Waals surface area contributed by atoms with Gasteiger partial charge in [-0.25, -0.2) is 14.4 Å². The Bertz CT molecular complexity index is 901. The quantitative estimate of drug-likeness (QED) is 0.664. The third-order valence-electron chi connectivity index (χ3n) is 5.11. The van der Waals surface area contributed by atoms with Crippen LogP contribution < -0.4 is 0 Å². The Morgan fingerprint density at radius 2 is 1.96 bits per heavy atom. The molecule has 4 nitrogen and oxygen atoms in total. The summed E-state index contributed by atoms with van der Waals surface area (Å²) < 4.78 is 15.4. The monoisotopic (exact) mass is 364 g/mol. The molecule has 140 valence electrons. The fourth-order valence-electron chi connectivity index (χ4n) is 3.66. The third kappa shape index (κ3) is 4.25. The van der Waals surface area contributed by atoms with Crippen molar-refractivity contribution in [3.05, 3.63) is 82.9 Å². The van der Waals surface area contributed by atoms with Crippen LogP contribution in [-0.4, -0.2) is 26.0 Å². The molecule has 0 fully saturated rings. The van der Waals surface area contributed by atoms with Crippen LogP contribution in [-0.2, 0) is 32.5 Å². The first-order chi connectivity index (χ1) is 13.2. The van der Waals surface area contributed by atoms with Crippen molar-refractivity contribution in [2.24, 2.45) is 0 Å². The Labute approximate surface area is 159 Å². The van der Waals surface area contributed by atoms with Gasteiger partial charge in [0.1, 0.15) is 11.6 Å². The van der Waals surface area contributed by atoms with Crippen molar-refractivity contribution in [1.29, 1.82) is 0 Å². The zero-order valence-electron chi connectivity index (χ0n) is 15.7. The summed E-state index contributed by atoms with van der Waals surface area (Å²) in [6.45, 7) is 5.72. The Morgan fingerprint density at radius 3 is 2.78 bits per heavy atom.